The minimum atomic E-state index is -0.214. The van der Waals surface area contributed by atoms with Gasteiger partial charge in [0.2, 0.25) is 5.91 Å². The lowest BCUT2D eigenvalue weighted by Crippen LogP contribution is -2.41. The highest BCUT2D eigenvalue weighted by molar-refractivity contribution is 5.95. The SMILES string of the molecule is COCC(=O)Nc1ccc(N(C)C)c(CN(C(=O)c2cccc(C)c2)C(C)C(C)C)c1. The highest BCUT2D eigenvalue weighted by Gasteiger charge is 2.25. The number of hydrogen-bond acceptors (Lipinski definition) is 4. The van der Waals surface area contributed by atoms with Gasteiger partial charge in [-0.05, 0) is 55.7 Å². The Balaban J connectivity index is 2.44. The standard InChI is InChI=1S/C25H35N3O3/c1-17(2)19(4)28(25(30)20-10-8-9-18(3)13-20)15-21-14-22(26-24(29)16-31-7)11-12-23(21)27(5)6/h8-14,17,19H,15-16H2,1-7H3,(H,26,29). The minimum absolute atomic E-state index is 0.00317. The molecule has 0 aromatic heterocycles. The summed E-state index contributed by atoms with van der Waals surface area (Å²) in [4.78, 5) is 29.4. The van der Waals surface area contributed by atoms with Crippen LogP contribution in [-0.4, -0.2) is 50.6 Å². The van der Waals surface area contributed by atoms with Crippen LogP contribution in [0, 0.1) is 12.8 Å². The van der Waals surface area contributed by atoms with Crippen molar-refractivity contribution in [2.45, 2.75) is 40.3 Å². The van der Waals surface area contributed by atoms with Gasteiger partial charge < -0.3 is 19.9 Å². The molecule has 31 heavy (non-hydrogen) atoms. The minimum Gasteiger partial charge on any atom is -0.377 e. The molecule has 1 unspecified atom stereocenters. The summed E-state index contributed by atoms with van der Waals surface area (Å²) in [5, 5.41) is 2.86. The average Bonchev–Trinajstić information content (AvgIpc) is 2.71. The maximum Gasteiger partial charge on any atom is 0.254 e. The fraction of sp³-hybridized carbons (Fsp3) is 0.440. The summed E-state index contributed by atoms with van der Waals surface area (Å²) in [5.41, 5.74) is 4.39. The lowest BCUT2D eigenvalue weighted by molar-refractivity contribution is -0.119. The molecule has 6 heteroatoms. The molecule has 2 aromatic carbocycles. The number of methoxy groups -OCH3 is 1. The monoisotopic (exact) mass is 425 g/mol. The molecule has 2 aromatic rings. The van der Waals surface area contributed by atoms with Gasteiger partial charge in [0.15, 0.2) is 0 Å². The van der Waals surface area contributed by atoms with E-state index < -0.39 is 0 Å². The first-order valence-electron chi connectivity index (χ1n) is 10.6. The number of nitrogens with one attached hydrogen (secondary N) is 1. The van der Waals surface area contributed by atoms with Crippen LogP contribution in [0.1, 0.15) is 42.3 Å². The Morgan fingerprint density at radius 2 is 1.77 bits per heavy atom. The Labute approximate surface area is 186 Å². The molecule has 0 aliphatic rings. The van der Waals surface area contributed by atoms with Gasteiger partial charge in [-0.25, -0.2) is 0 Å². The van der Waals surface area contributed by atoms with Gasteiger partial charge in [-0.15, -0.1) is 0 Å². The fourth-order valence-corrected chi connectivity index (χ4v) is 3.44. The highest BCUT2D eigenvalue weighted by atomic mass is 16.5. The van der Waals surface area contributed by atoms with Crippen molar-refractivity contribution >= 4 is 23.2 Å². The summed E-state index contributed by atoms with van der Waals surface area (Å²) >= 11 is 0. The molecular formula is C25H35N3O3. The van der Waals surface area contributed by atoms with Crippen molar-refractivity contribution in [2.75, 3.05) is 38.0 Å². The van der Waals surface area contributed by atoms with Crippen LogP contribution in [0.5, 0.6) is 0 Å². The van der Waals surface area contributed by atoms with Crippen LogP contribution in [0.25, 0.3) is 0 Å². The lowest BCUT2D eigenvalue weighted by atomic mass is 10.0. The van der Waals surface area contributed by atoms with E-state index in [0.29, 0.717) is 23.7 Å². The van der Waals surface area contributed by atoms with Crippen LogP contribution < -0.4 is 10.2 Å². The molecule has 0 fully saturated rings. The first kappa shape index (κ1) is 24.4. The number of benzene rings is 2. The van der Waals surface area contributed by atoms with E-state index in [2.05, 4.69) is 26.1 Å². The summed E-state index contributed by atoms with van der Waals surface area (Å²) in [5.74, 6) is 0.0823. The maximum absolute atomic E-state index is 13.5. The van der Waals surface area contributed by atoms with Gasteiger partial charge in [0.1, 0.15) is 6.61 Å². The molecule has 1 N–H and O–H groups in total. The van der Waals surface area contributed by atoms with Crippen molar-refractivity contribution in [3.8, 4) is 0 Å². The average molecular weight is 426 g/mol. The van der Waals surface area contributed by atoms with Crippen LogP contribution in [0.3, 0.4) is 0 Å². The van der Waals surface area contributed by atoms with Gasteiger partial charge in [-0.2, -0.15) is 0 Å². The lowest BCUT2D eigenvalue weighted by Gasteiger charge is -2.33. The van der Waals surface area contributed by atoms with Gasteiger partial charge in [0.25, 0.3) is 5.91 Å². The zero-order valence-corrected chi connectivity index (χ0v) is 19.7. The van der Waals surface area contributed by atoms with E-state index in [-0.39, 0.29) is 24.5 Å². The quantitative estimate of drug-likeness (QED) is 0.649. The molecule has 0 aliphatic heterocycles. The molecule has 6 nitrogen and oxygen atoms in total. The van der Waals surface area contributed by atoms with Crippen molar-refractivity contribution in [3.63, 3.8) is 0 Å². The van der Waals surface area contributed by atoms with E-state index in [4.69, 9.17) is 4.74 Å². The first-order chi connectivity index (χ1) is 14.6. The number of rotatable bonds is 9. The normalized spacial score (nSPS) is 11.9. The Morgan fingerprint density at radius 3 is 2.35 bits per heavy atom. The maximum atomic E-state index is 13.5. The van der Waals surface area contributed by atoms with Crippen LogP contribution >= 0.6 is 0 Å². The number of aryl methyl sites for hydroxylation is 1. The molecule has 0 spiro atoms. The Hall–Kier alpha value is -2.86. The summed E-state index contributed by atoms with van der Waals surface area (Å²) in [6.07, 6.45) is 0. The van der Waals surface area contributed by atoms with Crippen LogP contribution in [0.4, 0.5) is 11.4 Å². The van der Waals surface area contributed by atoms with Crippen molar-refractivity contribution in [1.82, 2.24) is 4.90 Å². The third-order valence-electron chi connectivity index (χ3n) is 5.44. The molecular weight excluding hydrogens is 390 g/mol. The van der Waals surface area contributed by atoms with Gasteiger partial charge in [-0.1, -0.05) is 31.5 Å². The third kappa shape index (κ3) is 6.56. The zero-order chi connectivity index (χ0) is 23.1. The number of hydrogen-bond donors (Lipinski definition) is 1. The number of nitrogens with zero attached hydrogens (tertiary/aromatic N) is 2. The van der Waals surface area contributed by atoms with E-state index in [1.807, 2.05) is 73.3 Å². The predicted octanol–water partition coefficient (Wildman–Crippen LogP) is 4.33. The number of anilines is 2. The molecule has 2 rings (SSSR count). The van der Waals surface area contributed by atoms with E-state index in [1.54, 1.807) is 0 Å². The number of amides is 2. The van der Waals surface area contributed by atoms with Gasteiger partial charge >= 0.3 is 0 Å². The zero-order valence-electron chi connectivity index (χ0n) is 19.7. The van der Waals surface area contributed by atoms with Crippen LogP contribution in [0.2, 0.25) is 0 Å². The molecule has 0 aliphatic carbocycles. The number of carbonyl (C=O) groups excluding carboxylic acids is 2. The smallest absolute Gasteiger partial charge is 0.254 e. The second-order valence-electron chi connectivity index (χ2n) is 8.51. The van der Waals surface area contributed by atoms with Gasteiger partial charge in [-0.3, -0.25) is 9.59 Å². The van der Waals surface area contributed by atoms with Crippen molar-refractivity contribution < 1.29 is 14.3 Å². The fourth-order valence-electron chi connectivity index (χ4n) is 3.44. The van der Waals surface area contributed by atoms with Crippen molar-refractivity contribution in [3.05, 3.63) is 59.2 Å². The van der Waals surface area contributed by atoms with E-state index in [9.17, 15) is 9.59 Å². The molecule has 0 bridgehead atoms. The summed E-state index contributed by atoms with van der Waals surface area (Å²) < 4.78 is 4.91. The van der Waals surface area contributed by atoms with Gasteiger partial charge in [0, 0.05) is 50.7 Å². The summed E-state index contributed by atoms with van der Waals surface area (Å²) in [6.45, 7) is 8.74. The largest absolute Gasteiger partial charge is 0.377 e. The number of carbonyl (C=O) groups is 2. The third-order valence-corrected chi connectivity index (χ3v) is 5.44. The van der Waals surface area contributed by atoms with Gasteiger partial charge in [0.05, 0.1) is 0 Å². The van der Waals surface area contributed by atoms with Crippen LogP contribution in [-0.2, 0) is 16.1 Å². The summed E-state index contributed by atoms with van der Waals surface area (Å²) in [6, 6.07) is 13.5. The van der Waals surface area contributed by atoms with E-state index in [0.717, 1.165) is 16.8 Å². The van der Waals surface area contributed by atoms with E-state index >= 15 is 0 Å². The summed E-state index contributed by atoms with van der Waals surface area (Å²) in [7, 11) is 5.43. The first-order valence-corrected chi connectivity index (χ1v) is 10.6. The second-order valence-corrected chi connectivity index (χ2v) is 8.51. The highest BCUT2D eigenvalue weighted by Crippen LogP contribution is 2.27. The van der Waals surface area contributed by atoms with Crippen molar-refractivity contribution in [2.24, 2.45) is 5.92 Å². The van der Waals surface area contributed by atoms with Crippen LogP contribution in [0.15, 0.2) is 42.5 Å². The molecule has 0 heterocycles. The predicted molar refractivity (Wildman–Crippen MR) is 127 cm³/mol. The molecule has 168 valence electrons. The Kier molecular flexibility index (Phi) is 8.63. The van der Waals surface area contributed by atoms with E-state index in [1.165, 1.54) is 7.11 Å². The molecule has 0 saturated heterocycles. The number of ether oxygens (including phenoxy) is 1. The second kappa shape index (κ2) is 11.0. The molecule has 0 radical (unpaired) electrons. The van der Waals surface area contributed by atoms with Crippen molar-refractivity contribution in [1.29, 1.82) is 0 Å². The molecule has 2 amide bonds. The Morgan fingerprint density at radius 1 is 1.06 bits per heavy atom. The molecule has 1 atom stereocenters. The Bertz CT molecular complexity index is 909. The topological polar surface area (TPSA) is 61.9 Å². The molecule has 0 saturated carbocycles.